The Hall–Kier alpha value is -1.34. The summed E-state index contributed by atoms with van der Waals surface area (Å²) < 4.78 is 22.6. The second-order valence-corrected chi connectivity index (χ2v) is 8.71. The Bertz CT molecular complexity index is 649. The van der Waals surface area contributed by atoms with Gasteiger partial charge in [0.25, 0.3) is 0 Å². The van der Waals surface area contributed by atoms with Crippen LogP contribution in [0.15, 0.2) is 28.0 Å². The topological polar surface area (TPSA) is 79.0 Å². The summed E-state index contributed by atoms with van der Waals surface area (Å²) in [5.74, 6) is 7.16. The van der Waals surface area contributed by atoms with Gasteiger partial charge < -0.3 is 4.90 Å². The molecule has 1 atom stereocenters. The molecule has 7 heteroatoms. The average molecular weight is 340 g/mol. The number of fused-ring (bicyclic) bond motifs is 1. The maximum atomic E-state index is 11.3. The molecule has 2 rings (SSSR count). The number of allylic oxidation sites excluding steroid dienone is 2. The van der Waals surface area contributed by atoms with Gasteiger partial charge >= 0.3 is 0 Å². The quantitative estimate of drug-likeness (QED) is 0.566. The highest BCUT2D eigenvalue weighted by Gasteiger charge is 2.35. The van der Waals surface area contributed by atoms with Crippen molar-refractivity contribution in [2.24, 2.45) is 10.8 Å². The van der Waals surface area contributed by atoms with E-state index in [2.05, 4.69) is 18.7 Å². The lowest BCUT2D eigenvalue weighted by molar-refractivity contribution is 0.267. The monoisotopic (exact) mass is 340 g/mol. The highest BCUT2D eigenvalue weighted by Crippen LogP contribution is 2.33. The molecular formula is C16H28N4O2S. The first-order valence-corrected chi connectivity index (χ1v) is 10.3. The molecular weight excluding hydrogens is 312 g/mol. The van der Waals surface area contributed by atoms with Crippen molar-refractivity contribution in [1.82, 2.24) is 9.91 Å². The zero-order chi connectivity index (χ0) is 17.2. The Balaban J connectivity index is 2.15. The van der Waals surface area contributed by atoms with Gasteiger partial charge in [0.2, 0.25) is 0 Å². The average Bonchev–Trinajstić information content (AvgIpc) is 2.80. The number of amidine groups is 1. The fraction of sp³-hybridized carbons (Fsp3) is 0.688. The number of sulfone groups is 1. The zero-order valence-electron chi connectivity index (χ0n) is 14.5. The second-order valence-electron chi connectivity index (χ2n) is 6.45. The maximum Gasteiger partial charge on any atom is 0.168 e. The van der Waals surface area contributed by atoms with E-state index in [9.17, 15) is 8.42 Å². The van der Waals surface area contributed by atoms with Crippen LogP contribution < -0.4 is 5.84 Å². The number of hydrogen-bond donors (Lipinski definition) is 1. The van der Waals surface area contributed by atoms with E-state index < -0.39 is 9.84 Å². The molecule has 6 nitrogen and oxygen atoms in total. The molecule has 1 unspecified atom stereocenters. The standard InChI is InChI=1S/C16H28N4O2S/c1-5-8-14-18-16-15(13(3)12(2)11-20(16)17)19(14)9-6-7-10-23(4,21)22/h11,14H,5-10,17H2,1-4H3. The van der Waals surface area contributed by atoms with Crippen molar-refractivity contribution in [1.29, 1.82) is 0 Å². The van der Waals surface area contributed by atoms with Gasteiger partial charge in [-0.3, -0.25) is 5.01 Å². The van der Waals surface area contributed by atoms with Crippen LogP contribution in [-0.2, 0) is 9.84 Å². The van der Waals surface area contributed by atoms with Crippen LogP contribution in [-0.4, -0.2) is 48.9 Å². The summed E-state index contributed by atoms with van der Waals surface area (Å²) in [4.78, 5) is 7.10. The number of hydrazine groups is 1. The summed E-state index contributed by atoms with van der Waals surface area (Å²) in [6, 6.07) is 0. The summed E-state index contributed by atoms with van der Waals surface area (Å²) in [7, 11) is -2.89. The number of aliphatic imine (C=N–C) groups is 1. The smallest absolute Gasteiger partial charge is 0.168 e. The fourth-order valence-corrected chi connectivity index (χ4v) is 3.79. The number of hydrogen-bond acceptors (Lipinski definition) is 6. The minimum atomic E-state index is -2.89. The predicted molar refractivity (Wildman–Crippen MR) is 94.3 cm³/mol. The van der Waals surface area contributed by atoms with Gasteiger partial charge in [-0.1, -0.05) is 13.3 Å². The lowest BCUT2D eigenvalue weighted by Crippen LogP contribution is -2.39. The van der Waals surface area contributed by atoms with E-state index in [4.69, 9.17) is 10.8 Å². The summed E-state index contributed by atoms with van der Waals surface area (Å²) in [5, 5.41) is 1.61. The van der Waals surface area contributed by atoms with E-state index in [0.717, 1.165) is 42.9 Å². The molecule has 0 aromatic rings. The van der Waals surface area contributed by atoms with Crippen molar-refractivity contribution in [3.8, 4) is 0 Å². The summed E-state index contributed by atoms with van der Waals surface area (Å²) in [5.41, 5.74) is 3.44. The minimum absolute atomic E-state index is 0.100. The number of unbranched alkanes of at least 4 members (excludes halogenated alkanes) is 1. The first kappa shape index (κ1) is 18.0. The number of rotatable bonds is 7. The third-order valence-electron chi connectivity index (χ3n) is 4.37. The lowest BCUT2D eigenvalue weighted by Gasteiger charge is -2.31. The zero-order valence-corrected chi connectivity index (χ0v) is 15.4. The normalized spacial score (nSPS) is 21.5. The van der Waals surface area contributed by atoms with Crippen LogP contribution in [0.1, 0.15) is 46.5 Å². The van der Waals surface area contributed by atoms with Crippen LogP contribution in [0.3, 0.4) is 0 Å². The SMILES string of the molecule is CCCC1N=C2C(=C(C)C(C)=CN2N)N1CCCCS(C)(=O)=O. The van der Waals surface area contributed by atoms with E-state index in [-0.39, 0.29) is 11.9 Å². The maximum absolute atomic E-state index is 11.3. The van der Waals surface area contributed by atoms with Crippen molar-refractivity contribution in [3.05, 3.63) is 23.0 Å². The van der Waals surface area contributed by atoms with Crippen molar-refractivity contribution < 1.29 is 8.42 Å². The molecule has 0 saturated heterocycles. The van der Waals surface area contributed by atoms with Crippen LogP contribution >= 0.6 is 0 Å². The molecule has 130 valence electrons. The van der Waals surface area contributed by atoms with Gasteiger partial charge in [-0.2, -0.15) is 0 Å². The summed E-state index contributed by atoms with van der Waals surface area (Å²) in [6.45, 7) is 7.10. The van der Waals surface area contributed by atoms with Crippen molar-refractivity contribution in [2.75, 3.05) is 18.6 Å². The van der Waals surface area contributed by atoms with E-state index >= 15 is 0 Å². The van der Waals surface area contributed by atoms with Gasteiger partial charge in [0.05, 0.1) is 5.70 Å². The van der Waals surface area contributed by atoms with Gasteiger partial charge in [0.1, 0.15) is 16.0 Å². The molecule has 0 bridgehead atoms. The highest BCUT2D eigenvalue weighted by atomic mass is 32.2. The van der Waals surface area contributed by atoms with Gasteiger partial charge in [-0.05, 0) is 44.3 Å². The molecule has 0 saturated carbocycles. The predicted octanol–water partition coefficient (Wildman–Crippen LogP) is 2.02. The third-order valence-corrected chi connectivity index (χ3v) is 5.40. The molecule has 23 heavy (non-hydrogen) atoms. The van der Waals surface area contributed by atoms with Crippen molar-refractivity contribution in [2.45, 2.75) is 52.6 Å². The largest absolute Gasteiger partial charge is 0.346 e. The number of nitrogens with two attached hydrogens (primary N) is 1. The Morgan fingerprint density at radius 3 is 2.61 bits per heavy atom. The van der Waals surface area contributed by atoms with Gasteiger partial charge in [0, 0.05) is 24.8 Å². The lowest BCUT2D eigenvalue weighted by atomic mass is 10.0. The van der Waals surface area contributed by atoms with Crippen LogP contribution in [0.2, 0.25) is 0 Å². The van der Waals surface area contributed by atoms with Crippen molar-refractivity contribution >= 4 is 15.7 Å². The molecule has 0 aromatic carbocycles. The number of nitrogens with zero attached hydrogens (tertiary/aromatic N) is 3. The van der Waals surface area contributed by atoms with Gasteiger partial charge in [0.15, 0.2) is 5.84 Å². The molecule has 2 aliphatic heterocycles. The fourth-order valence-electron chi connectivity index (χ4n) is 3.06. The Kier molecular flexibility index (Phi) is 5.52. The van der Waals surface area contributed by atoms with E-state index in [1.54, 1.807) is 5.01 Å². The summed E-state index contributed by atoms with van der Waals surface area (Å²) in [6.07, 6.45) is 6.83. The molecule has 0 fully saturated rings. The Morgan fingerprint density at radius 2 is 2.00 bits per heavy atom. The molecule has 0 spiro atoms. The Morgan fingerprint density at radius 1 is 1.30 bits per heavy atom. The minimum Gasteiger partial charge on any atom is -0.346 e. The first-order chi connectivity index (χ1) is 10.7. The molecule has 0 amide bonds. The van der Waals surface area contributed by atoms with E-state index in [1.807, 2.05) is 13.1 Å². The third kappa shape index (κ3) is 4.14. The first-order valence-electron chi connectivity index (χ1n) is 8.20. The van der Waals surface area contributed by atoms with E-state index in [0.29, 0.717) is 6.42 Å². The van der Waals surface area contributed by atoms with Gasteiger partial charge in [-0.25, -0.2) is 19.3 Å². The molecule has 0 radical (unpaired) electrons. The van der Waals surface area contributed by atoms with Crippen LogP contribution in [0.5, 0.6) is 0 Å². The van der Waals surface area contributed by atoms with Crippen LogP contribution in [0.25, 0.3) is 0 Å². The molecule has 2 N–H and O–H groups in total. The van der Waals surface area contributed by atoms with Gasteiger partial charge in [-0.15, -0.1) is 0 Å². The van der Waals surface area contributed by atoms with Crippen molar-refractivity contribution in [3.63, 3.8) is 0 Å². The van der Waals surface area contributed by atoms with Crippen LogP contribution in [0.4, 0.5) is 0 Å². The summed E-state index contributed by atoms with van der Waals surface area (Å²) >= 11 is 0. The molecule has 0 aromatic heterocycles. The van der Waals surface area contributed by atoms with E-state index in [1.165, 1.54) is 11.8 Å². The second kappa shape index (κ2) is 7.05. The van der Waals surface area contributed by atoms with Crippen LogP contribution in [0, 0.1) is 0 Å². The Labute approximate surface area is 139 Å². The highest BCUT2D eigenvalue weighted by molar-refractivity contribution is 7.90. The molecule has 0 aliphatic carbocycles. The molecule has 2 aliphatic rings. The molecule has 2 heterocycles.